The normalized spacial score (nSPS) is 14.2. The number of nitrogens with zero attached hydrogens (tertiary/aromatic N) is 2. The molecule has 1 fully saturated rings. The summed E-state index contributed by atoms with van der Waals surface area (Å²) in [5.41, 5.74) is -0.116. The first-order valence-electron chi connectivity index (χ1n) is 12.7. The lowest BCUT2D eigenvalue weighted by Crippen LogP contribution is -2.40. The number of benzene rings is 3. The molecule has 1 aliphatic heterocycles. The Kier molecular flexibility index (Phi) is 10.0. The number of rotatable bonds is 11. The minimum atomic E-state index is -4.48. The summed E-state index contributed by atoms with van der Waals surface area (Å²) in [5.74, 6) is -1.12. The second-order valence-corrected chi connectivity index (χ2v) is 13.3. The number of nitrogens with one attached hydrogen (secondary N) is 1. The van der Waals surface area contributed by atoms with E-state index in [0.29, 0.717) is 0 Å². The van der Waals surface area contributed by atoms with Gasteiger partial charge in [-0.25, -0.2) is 21.2 Å². The van der Waals surface area contributed by atoms with Crippen LogP contribution < -0.4 is 23.8 Å². The van der Waals surface area contributed by atoms with Crippen LogP contribution >= 0.6 is 11.6 Å². The van der Waals surface area contributed by atoms with Gasteiger partial charge in [0.1, 0.15) is 18.1 Å². The first-order valence-corrected chi connectivity index (χ1v) is 15.9. The maximum Gasteiger partial charge on any atom is 0.264 e. The van der Waals surface area contributed by atoms with Gasteiger partial charge in [0.25, 0.3) is 10.0 Å². The van der Waals surface area contributed by atoms with E-state index < -0.39 is 38.3 Å². The van der Waals surface area contributed by atoms with Crippen LogP contribution in [0.25, 0.3) is 0 Å². The predicted octanol–water partition coefficient (Wildman–Crippen LogP) is 3.36. The van der Waals surface area contributed by atoms with Crippen LogP contribution in [0.4, 0.5) is 15.8 Å². The summed E-state index contributed by atoms with van der Waals surface area (Å²) in [5, 5.41) is 2.17. The smallest absolute Gasteiger partial charge is 0.264 e. The highest BCUT2D eigenvalue weighted by Gasteiger charge is 2.31. The average molecular weight is 658 g/mol. The van der Waals surface area contributed by atoms with Crippen LogP contribution in [-0.2, 0) is 29.6 Å². The van der Waals surface area contributed by atoms with Gasteiger partial charge >= 0.3 is 0 Å². The van der Waals surface area contributed by atoms with E-state index in [2.05, 4.69) is 5.32 Å². The van der Waals surface area contributed by atoms with Crippen molar-refractivity contribution < 1.29 is 45.0 Å². The monoisotopic (exact) mass is 657 g/mol. The third kappa shape index (κ3) is 6.96. The van der Waals surface area contributed by atoms with Crippen LogP contribution in [0.1, 0.15) is 0 Å². The molecule has 232 valence electrons. The molecular formula is C27H29ClFN3O9S2. The molecule has 1 heterocycles. The molecule has 12 nitrogen and oxygen atoms in total. The van der Waals surface area contributed by atoms with Crippen molar-refractivity contribution in [2.24, 2.45) is 0 Å². The zero-order chi connectivity index (χ0) is 31.4. The summed E-state index contributed by atoms with van der Waals surface area (Å²) in [4.78, 5) is 13.0. The van der Waals surface area contributed by atoms with Crippen molar-refractivity contribution in [2.45, 2.75) is 9.79 Å². The van der Waals surface area contributed by atoms with E-state index in [0.717, 1.165) is 22.5 Å². The molecule has 0 spiro atoms. The van der Waals surface area contributed by atoms with Crippen LogP contribution in [0, 0.1) is 5.82 Å². The predicted molar refractivity (Wildman–Crippen MR) is 157 cm³/mol. The van der Waals surface area contributed by atoms with Gasteiger partial charge in [0.05, 0.1) is 60.7 Å². The number of hydrogen-bond donors (Lipinski definition) is 1. The zero-order valence-electron chi connectivity index (χ0n) is 23.4. The molecule has 1 saturated heterocycles. The molecule has 16 heteroatoms. The molecule has 3 aromatic rings. The largest absolute Gasteiger partial charge is 0.495 e. The molecular weight excluding hydrogens is 629 g/mol. The molecule has 3 aromatic carbocycles. The van der Waals surface area contributed by atoms with Crippen molar-refractivity contribution in [3.05, 3.63) is 65.4 Å². The molecule has 1 amide bonds. The van der Waals surface area contributed by atoms with Crippen LogP contribution in [0.5, 0.6) is 17.2 Å². The number of hydrogen-bond acceptors (Lipinski definition) is 9. The van der Waals surface area contributed by atoms with Crippen molar-refractivity contribution in [1.29, 1.82) is 0 Å². The Hall–Kier alpha value is -3.63. The van der Waals surface area contributed by atoms with Crippen LogP contribution in [-0.4, -0.2) is 81.2 Å². The molecule has 1 N–H and O–H groups in total. The van der Waals surface area contributed by atoms with Gasteiger partial charge in [-0.15, -0.1) is 0 Å². The van der Waals surface area contributed by atoms with E-state index in [4.69, 9.17) is 30.5 Å². The van der Waals surface area contributed by atoms with E-state index in [1.54, 1.807) is 0 Å². The molecule has 0 radical (unpaired) electrons. The topological polar surface area (TPSA) is 141 Å². The molecule has 0 saturated carbocycles. The third-order valence-corrected chi connectivity index (χ3v) is 10.4. The fourth-order valence-electron chi connectivity index (χ4n) is 4.26. The van der Waals surface area contributed by atoms with Gasteiger partial charge in [0.2, 0.25) is 15.9 Å². The van der Waals surface area contributed by atoms with E-state index >= 15 is 0 Å². The second kappa shape index (κ2) is 13.3. The summed E-state index contributed by atoms with van der Waals surface area (Å²) in [6, 6.07) is 11.0. The Balaban J connectivity index is 1.70. The first kappa shape index (κ1) is 32.3. The Morgan fingerprint density at radius 3 is 2.16 bits per heavy atom. The van der Waals surface area contributed by atoms with Gasteiger partial charge in [0.15, 0.2) is 11.5 Å². The molecule has 0 bridgehead atoms. The molecule has 4 rings (SSSR count). The molecule has 43 heavy (non-hydrogen) atoms. The zero-order valence-corrected chi connectivity index (χ0v) is 25.8. The minimum absolute atomic E-state index is 0.0116. The van der Waals surface area contributed by atoms with E-state index in [1.165, 1.54) is 62.0 Å². The summed E-state index contributed by atoms with van der Waals surface area (Å²) in [6.07, 6.45) is 0. The maximum atomic E-state index is 14.0. The number of carbonyl (C=O) groups is 1. The van der Waals surface area contributed by atoms with Crippen molar-refractivity contribution >= 4 is 48.9 Å². The SMILES string of the molecule is COc1ccc(S(=O)(=O)N2CCOCC2)cc1NC(=O)CN(c1ccc(F)c(Cl)c1)S(=O)(=O)c1ccc(OC)c(OC)c1. The number of sulfonamides is 2. The lowest BCUT2D eigenvalue weighted by molar-refractivity contribution is -0.114. The highest BCUT2D eigenvalue weighted by Crippen LogP contribution is 2.34. The van der Waals surface area contributed by atoms with Crippen LogP contribution in [0.3, 0.4) is 0 Å². The summed E-state index contributed by atoms with van der Waals surface area (Å²) in [6.45, 7) is 0.0221. The van der Waals surface area contributed by atoms with E-state index in [9.17, 15) is 26.0 Å². The van der Waals surface area contributed by atoms with E-state index in [1.807, 2.05) is 0 Å². The summed E-state index contributed by atoms with van der Waals surface area (Å²) < 4.78 is 91.1. The quantitative estimate of drug-likeness (QED) is 0.329. The third-order valence-electron chi connectivity index (χ3n) is 6.47. The lowest BCUT2D eigenvalue weighted by Gasteiger charge is -2.26. The fourth-order valence-corrected chi connectivity index (χ4v) is 7.30. The van der Waals surface area contributed by atoms with Gasteiger partial charge < -0.3 is 24.3 Å². The van der Waals surface area contributed by atoms with Crippen LogP contribution in [0.2, 0.25) is 5.02 Å². The van der Waals surface area contributed by atoms with Crippen molar-refractivity contribution in [3.63, 3.8) is 0 Å². The Labute approximate surface area is 253 Å². The number of methoxy groups -OCH3 is 3. The summed E-state index contributed by atoms with van der Waals surface area (Å²) in [7, 11) is -4.35. The maximum absolute atomic E-state index is 14.0. The van der Waals surface area contributed by atoms with E-state index in [-0.39, 0.29) is 69.7 Å². The number of morpholine rings is 1. The number of anilines is 2. The Morgan fingerprint density at radius 1 is 0.907 bits per heavy atom. The summed E-state index contributed by atoms with van der Waals surface area (Å²) >= 11 is 5.95. The number of carbonyl (C=O) groups excluding carboxylic acids is 1. The van der Waals surface area contributed by atoms with Gasteiger partial charge in [-0.1, -0.05) is 11.6 Å². The molecule has 0 unspecified atom stereocenters. The second-order valence-electron chi connectivity index (χ2n) is 9.05. The Bertz CT molecular complexity index is 1720. The van der Waals surface area contributed by atoms with Crippen molar-refractivity contribution in [1.82, 2.24) is 4.31 Å². The first-order chi connectivity index (χ1) is 20.4. The molecule has 0 aromatic heterocycles. The number of halogens is 2. The van der Waals surface area contributed by atoms with Gasteiger partial charge in [-0.05, 0) is 48.5 Å². The highest BCUT2D eigenvalue weighted by atomic mass is 35.5. The standard InChI is InChI=1S/C27H29ClFN3O9S2/c1-38-24-8-5-19(42(34,35)31-10-12-41-13-11-31)15-23(24)30-27(33)17-32(18-4-7-22(29)21(28)14-18)43(36,37)20-6-9-25(39-2)26(16-20)40-3/h4-9,14-16H,10-13,17H2,1-3H3,(H,30,33). The van der Waals surface area contributed by atoms with Crippen molar-refractivity contribution in [2.75, 3.05) is 63.8 Å². The number of ether oxygens (including phenoxy) is 4. The van der Waals surface area contributed by atoms with Crippen LogP contribution in [0.15, 0.2) is 64.4 Å². The molecule has 0 aliphatic carbocycles. The van der Waals surface area contributed by atoms with Crippen molar-refractivity contribution in [3.8, 4) is 17.2 Å². The fraction of sp³-hybridized carbons (Fsp3) is 0.296. The van der Waals surface area contributed by atoms with Gasteiger partial charge in [-0.2, -0.15) is 4.31 Å². The minimum Gasteiger partial charge on any atom is -0.495 e. The lowest BCUT2D eigenvalue weighted by atomic mass is 10.3. The average Bonchev–Trinajstić information content (AvgIpc) is 3.01. The highest BCUT2D eigenvalue weighted by molar-refractivity contribution is 7.92. The van der Waals surface area contributed by atoms with Gasteiger partial charge in [-0.3, -0.25) is 9.10 Å². The number of amides is 1. The molecule has 1 aliphatic rings. The molecule has 0 atom stereocenters. The van der Waals surface area contributed by atoms with Gasteiger partial charge in [0, 0.05) is 19.2 Å². The Morgan fingerprint density at radius 2 is 1.53 bits per heavy atom.